The van der Waals surface area contributed by atoms with E-state index in [4.69, 9.17) is 11.6 Å². The number of hydrogen-bond acceptors (Lipinski definition) is 3. The number of H-pyrrole nitrogens is 1. The monoisotopic (exact) mass is 408 g/mol. The summed E-state index contributed by atoms with van der Waals surface area (Å²) in [7, 11) is 0. The molecule has 5 rings (SSSR count). The smallest absolute Gasteiger partial charge is 0.254 e. The highest BCUT2D eigenvalue weighted by Crippen LogP contribution is 2.25. The molecule has 0 aliphatic carbocycles. The minimum absolute atomic E-state index is 0.148. The molecule has 0 bridgehead atoms. The fourth-order valence-corrected chi connectivity index (χ4v) is 4.78. The second-order valence-corrected chi connectivity index (χ2v) is 8.56. The predicted molar refractivity (Wildman–Crippen MR) is 116 cm³/mol. The third-order valence-corrected chi connectivity index (χ3v) is 6.39. The second kappa shape index (κ2) is 7.81. The van der Waals surface area contributed by atoms with Crippen molar-refractivity contribution in [3.63, 3.8) is 0 Å². The van der Waals surface area contributed by atoms with Gasteiger partial charge in [-0.3, -0.25) is 4.79 Å². The van der Waals surface area contributed by atoms with Crippen molar-refractivity contribution in [2.75, 3.05) is 26.2 Å². The van der Waals surface area contributed by atoms with Gasteiger partial charge in [-0.15, -0.1) is 0 Å². The lowest BCUT2D eigenvalue weighted by Crippen LogP contribution is -2.42. The van der Waals surface area contributed by atoms with E-state index in [2.05, 4.69) is 19.8 Å². The first-order valence-corrected chi connectivity index (χ1v) is 10.8. The Morgan fingerprint density at radius 2 is 1.86 bits per heavy atom. The molecule has 0 unspecified atom stereocenters. The summed E-state index contributed by atoms with van der Waals surface area (Å²) in [6.45, 7) is 4.24. The number of hydrogen-bond donors (Lipinski definition) is 1. The third kappa shape index (κ3) is 3.77. The average molecular weight is 409 g/mol. The van der Waals surface area contributed by atoms with Crippen LogP contribution in [0.2, 0.25) is 5.02 Å². The molecule has 2 aromatic carbocycles. The lowest BCUT2D eigenvalue weighted by atomic mass is 10.1. The Morgan fingerprint density at radius 3 is 2.66 bits per heavy atom. The molecule has 150 valence electrons. The summed E-state index contributed by atoms with van der Waals surface area (Å²) in [5.74, 6) is 0.934. The Balaban J connectivity index is 1.32. The second-order valence-electron chi connectivity index (χ2n) is 8.13. The number of carbonyl (C=O) groups is 1. The van der Waals surface area contributed by atoms with Crippen LogP contribution in [0.1, 0.15) is 36.0 Å². The van der Waals surface area contributed by atoms with Crippen LogP contribution < -0.4 is 0 Å². The van der Waals surface area contributed by atoms with E-state index < -0.39 is 0 Å². The molecular formula is C23H25ClN4O. The number of rotatable bonds is 4. The van der Waals surface area contributed by atoms with E-state index in [-0.39, 0.29) is 5.91 Å². The number of benzene rings is 2. The Kier molecular flexibility index (Phi) is 5.02. The van der Waals surface area contributed by atoms with Crippen LogP contribution in [-0.2, 0) is 0 Å². The molecule has 2 fully saturated rings. The SMILES string of the molecule is O=C(c1ccc(-c2nc3ccc(Cl)cc3[nH]2)cc1)N1CCC[C@H]1CN1CCCC1. The molecule has 3 heterocycles. The van der Waals surface area contributed by atoms with Crippen molar-refractivity contribution in [2.24, 2.45) is 0 Å². The van der Waals surface area contributed by atoms with Gasteiger partial charge in [0.15, 0.2) is 0 Å². The van der Waals surface area contributed by atoms with Gasteiger partial charge >= 0.3 is 0 Å². The van der Waals surface area contributed by atoms with Gasteiger partial charge in [0.2, 0.25) is 0 Å². The van der Waals surface area contributed by atoms with Crippen LogP contribution in [0.4, 0.5) is 0 Å². The fraction of sp³-hybridized carbons (Fsp3) is 0.391. The number of nitrogens with zero attached hydrogens (tertiary/aromatic N) is 3. The minimum atomic E-state index is 0.148. The molecule has 3 aromatic rings. The zero-order chi connectivity index (χ0) is 19.8. The maximum atomic E-state index is 13.1. The van der Waals surface area contributed by atoms with Crippen LogP contribution >= 0.6 is 11.6 Å². The summed E-state index contributed by atoms with van der Waals surface area (Å²) in [5, 5.41) is 0.683. The molecule has 2 aliphatic rings. The van der Waals surface area contributed by atoms with Gasteiger partial charge in [0, 0.05) is 35.3 Å². The highest BCUT2D eigenvalue weighted by Gasteiger charge is 2.31. The summed E-state index contributed by atoms with van der Waals surface area (Å²) >= 11 is 6.06. The first-order valence-electron chi connectivity index (χ1n) is 10.5. The maximum Gasteiger partial charge on any atom is 0.254 e. The molecule has 2 saturated heterocycles. The summed E-state index contributed by atoms with van der Waals surface area (Å²) < 4.78 is 0. The largest absolute Gasteiger partial charge is 0.338 e. The third-order valence-electron chi connectivity index (χ3n) is 6.15. The van der Waals surface area contributed by atoms with Crippen LogP contribution in [0.25, 0.3) is 22.4 Å². The molecule has 0 radical (unpaired) electrons. The Hall–Kier alpha value is -2.37. The molecule has 0 spiro atoms. The van der Waals surface area contributed by atoms with Gasteiger partial charge in [0.05, 0.1) is 11.0 Å². The van der Waals surface area contributed by atoms with E-state index in [1.165, 1.54) is 25.9 Å². The molecular weight excluding hydrogens is 384 g/mol. The van der Waals surface area contributed by atoms with Crippen LogP contribution in [0.3, 0.4) is 0 Å². The number of aromatic amines is 1. The van der Waals surface area contributed by atoms with Gasteiger partial charge in [-0.2, -0.15) is 0 Å². The maximum absolute atomic E-state index is 13.1. The number of imidazole rings is 1. The van der Waals surface area contributed by atoms with E-state index in [1.807, 2.05) is 42.5 Å². The molecule has 1 amide bonds. The topological polar surface area (TPSA) is 52.2 Å². The average Bonchev–Trinajstić information content (AvgIpc) is 3.48. The van der Waals surface area contributed by atoms with Gasteiger partial charge < -0.3 is 14.8 Å². The summed E-state index contributed by atoms with van der Waals surface area (Å²) in [5.41, 5.74) is 3.51. The molecule has 1 N–H and O–H groups in total. The fourth-order valence-electron chi connectivity index (χ4n) is 4.61. The predicted octanol–water partition coefficient (Wildman–Crippen LogP) is 4.58. The molecule has 2 aliphatic heterocycles. The number of halogens is 1. The van der Waals surface area contributed by atoms with Crippen molar-refractivity contribution in [1.82, 2.24) is 19.8 Å². The quantitative estimate of drug-likeness (QED) is 0.687. The van der Waals surface area contributed by atoms with Crippen molar-refractivity contribution < 1.29 is 4.79 Å². The lowest BCUT2D eigenvalue weighted by molar-refractivity contribution is 0.0709. The number of aromatic nitrogens is 2. The number of nitrogens with one attached hydrogen (secondary N) is 1. The molecule has 1 atom stereocenters. The van der Waals surface area contributed by atoms with E-state index in [9.17, 15) is 4.79 Å². The lowest BCUT2D eigenvalue weighted by Gasteiger charge is -2.28. The van der Waals surface area contributed by atoms with Crippen LogP contribution in [0.15, 0.2) is 42.5 Å². The summed E-state index contributed by atoms with van der Waals surface area (Å²) in [6.07, 6.45) is 4.79. The summed E-state index contributed by atoms with van der Waals surface area (Å²) in [4.78, 5) is 25.7. The first kappa shape index (κ1) is 18.6. The van der Waals surface area contributed by atoms with Gasteiger partial charge in [-0.1, -0.05) is 23.7 Å². The van der Waals surface area contributed by atoms with Crippen LogP contribution in [0.5, 0.6) is 0 Å². The van der Waals surface area contributed by atoms with E-state index in [1.54, 1.807) is 0 Å². The zero-order valence-corrected chi connectivity index (χ0v) is 17.2. The van der Waals surface area contributed by atoms with Crippen LogP contribution in [0, 0.1) is 0 Å². The molecule has 1 aromatic heterocycles. The normalized spacial score (nSPS) is 20.0. The number of fused-ring (bicyclic) bond motifs is 1. The number of amides is 1. The molecule has 29 heavy (non-hydrogen) atoms. The molecule has 5 nitrogen and oxygen atoms in total. The highest BCUT2D eigenvalue weighted by molar-refractivity contribution is 6.31. The van der Waals surface area contributed by atoms with Gasteiger partial charge in [0.25, 0.3) is 5.91 Å². The Morgan fingerprint density at radius 1 is 1.07 bits per heavy atom. The standard InChI is InChI=1S/C23H25ClN4O/c24-18-9-10-20-21(14-18)26-22(25-20)16-5-7-17(8-6-16)23(29)28-13-3-4-19(28)15-27-11-1-2-12-27/h5-10,14,19H,1-4,11-13,15H2,(H,25,26)/t19-/m0/s1. The Bertz CT molecular complexity index is 1020. The summed E-state index contributed by atoms with van der Waals surface area (Å²) in [6, 6.07) is 13.7. The minimum Gasteiger partial charge on any atom is -0.338 e. The number of carbonyl (C=O) groups excluding carboxylic acids is 1. The zero-order valence-electron chi connectivity index (χ0n) is 16.4. The van der Waals surface area contributed by atoms with Gasteiger partial charge in [-0.25, -0.2) is 4.98 Å². The van der Waals surface area contributed by atoms with Crippen molar-refractivity contribution in [3.8, 4) is 11.4 Å². The van der Waals surface area contributed by atoms with Gasteiger partial charge in [0.1, 0.15) is 5.82 Å². The highest BCUT2D eigenvalue weighted by atomic mass is 35.5. The van der Waals surface area contributed by atoms with E-state index >= 15 is 0 Å². The van der Waals surface area contributed by atoms with Crippen molar-refractivity contribution in [1.29, 1.82) is 0 Å². The van der Waals surface area contributed by atoms with Gasteiger partial charge in [-0.05, 0) is 69.1 Å². The van der Waals surface area contributed by atoms with E-state index in [0.29, 0.717) is 11.1 Å². The van der Waals surface area contributed by atoms with Crippen LogP contribution in [-0.4, -0.2) is 57.9 Å². The number of likely N-dealkylation sites (tertiary alicyclic amines) is 2. The van der Waals surface area contributed by atoms with Crippen molar-refractivity contribution in [3.05, 3.63) is 53.1 Å². The van der Waals surface area contributed by atoms with E-state index in [0.717, 1.165) is 53.9 Å². The first-order chi connectivity index (χ1) is 14.2. The molecule has 6 heteroatoms. The molecule has 0 saturated carbocycles. The Labute approximate surface area is 175 Å². The van der Waals surface area contributed by atoms with Crippen molar-refractivity contribution >= 4 is 28.5 Å². The van der Waals surface area contributed by atoms with Crippen molar-refractivity contribution in [2.45, 2.75) is 31.7 Å².